The molecule has 0 radical (unpaired) electrons. The summed E-state index contributed by atoms with van der Waals surface area (Å²) in [6.45, 7) is 11.6. The zero-order valence-corrected chi connectivity index (χ0v) is 7.28. The van der Waals surface area contributed by atoms with Crippen LogP contribution in [0.25, 0.3) is 0 Å². The van der Waals surface area contributed by atoms with Crippen LogP contribution in [-0.4, -0.2) is 0 Å². The molecule has 0 aromatic rings. The van der Waals surface area contributed by atoms with Crippen LogP contribution in [0.2, 0.25) is 0 Å². The second-order valence-corrected chi connectivity index (χ2v) is 1.57. The smallest absolute Gasteiger partial charge is 0.0236 e. The average molecular weight is 128 g/mol. The first-order valence-electron chi connectivity index (χ1n) is 4.06. The fraction of sp³-hybridized carbons (Fsp3) is 0.778. The van der Waals surface area contributed by atoms with Gasteiger partial charge < -0.3 is 0 Å². The molecule has 1 fully saturated rings. The molecule has 0 spiro atoms. The Labute approximate surface area is 60.0 Å². The second-order valence-electron chi connectivity index (χ2n) is 1.57. The molecule has 9 heavy (non-hydrogen) atoms. The Hall–Kier alpha value is -0.260. The van der Waals surface area contributed by atoms with Gasteiger partial charge in [0.15, 0.2) is 0 Å². The quantitative estimate of drug-likeness (QED) is 0.473. The third-order valence-corrected chi connectivity index (χ3v) is 0.955. The molecule has 0 atom stereocenters. The second kappa shape index (κ2) is 10.7. The van der Waals surface area contributed by atoms with Crippen LogP contribution in [-0.2, 0) is 0 Å². The van der Waals surface area contributed by atoms with Gasteiger partial charge >= 0.3 is 0 Å². The van der Waals surface area contributed by atoms with Crippen LogP contribution in [0.1, 0.15) is 40.5 Å². The summed E-state index contributed by atoms with van der Waals surface area (Å²) >= 11 is 0. The van der Waals surface area contributed by atoms with E-state index < -0.39 is 0 Å². The molecule has 0 unspecified atom stereocenters. The van der Waals surface area contributed by atoms with Gasteiger partial charge in [0.1, 0.15) is 0 Å². The summed E-state index contributed by atoms with van der Waals surface area (Å²) in [4.78, 5) is 0. The number of allylic oxidation sites excluding steroid dienone is 1. The maximum absolute atomic E-state index is 3.62. The summed E-state index contributed by atoms with van der Waals surface area (Å²) < 4.78 is 0. The lowest BCUT2D eigenvalue weighted by atomic mass is 10.4. The van der Waals surface area contributed by atoms with Crippen LogP contribution in [0.5, 0.6) is 0 Å². The van der Waals surface area contributed by atoms with Crippen molar-refractivity contribution in [3.05, 3.63) is 12.7 Å². The van der Waals surface area contributed by atoms with Crippen molar-refractivity contribution in [2.75, 3.05) is 0 Å². The van der Waals surface area contributed by atoms with Gasteiger partial charge in [0, 0.05) is 0 Å². The number of rotatable bonds is 1. The first-order valence-corrected chi connectivity index (χ1v) is 4.06. The predicted octanol–water partition coefficient (Wildman–Crippen LogP) is 3.63. The van der Waals surface area contributed by atoms with E-state index in [9.17, 15) is 0 Å². The molecule has 1 aliphatic rings. The van der Waals surface area contributed by atoms with E-state index in [1.807, 2.05) is 33.8 Å². The van der Waals surface area contributed by atoms with Crippen molar-refractivity contribution in [3.8, 4) is 0 Å². The van der Waals surface area contributed by atoms with Gasteiger partial charge in [-0.1, -0.05) is 33.8 Å². The van der Waals surface area contributed by atoms with Crippen molar-refractivity contribution in [2.45, 2.75) is 40.5 Å². The molecule has 0 heterocycles. The van der Waals surface area contributed by atoms with Crippen LogP contribution in [0, 0.1) is 5.92 Å². The highest BCUT2D eigenvalue weighted by Gasteiger charge is 2.15. The van der Waals surface area contributed by atoms with Gasteiger partial charge in [-0.3, -0.25) is 0 Å². The summed E-state index contributed by atoms with van der Waals surface area (Å²) in [5, 5.41) is 0. The molecule has 1 aliphatic carbocycles. The molecule has 0 bridgehead atoms. The largest absolute Gasteiger partial charge is 0.103 e. The Morgan fingerprint density at radius 2 is 1.44 bits per heavy atom. The minimum absolute atomic E-state index is 0.898. The maximum atomic E-state index is 3.62. The molecule has 0 N–H and O–H groups in total. The lowest BCUT2D eigenvalue weighted by molar-refractivity contribution is 1.13. The maximum Gasteiger partial charge on any atom is -0.0236 e. The zero-order chi connectivity index (χ0) is 7.70. The zero-order valence-electron chi connectivity index (χ0n) is 7.28. The van der Waals surface area contributed by atoms with Crippen LogP contribution >= 0.6 is 0 Å². The summed E-state index contributed by atoms with van der Waals surface area (Å²) in [5.74, 6) is 0.898. The van der Waals surface area contributed by atoms with Crippen molar-refractivity contribution in [3.63, 3.8) is 0 Å². The van der Waals surface area contributed by atoms with Gasteiger partial charge in [-0.05, 0) is 18.8 Å². The Balaban J connectivity index is 0. The standard InChI is InChI=1S/C5H8.2C2H6/c1-2-5-3-4-5;2*1-2/h2,5H,1,3-4H2;2*1-2H3. The van der Waals surface area contributed by atoms with Crippen LogP contribution in [0.3, 0.4) is 0 Å². The summed E-state index contributed by atoms with van der Waals surface area (Å²) in [6.07, 6.45) is 4.81. The monoisotopic (exact) mass is 128 g/mol. The third kappa shape index (κ3) is 11.4. The highest BCUT2D eigenvalue weighted by Crippen LogP contribution is 2.28. The van der Waals surface area contributed by atoms with Gasteiger partial charge in [0.25, 0.3) is 0 Å². The molecule has 0 aliphatic heterocycles. The number of hydrogen-bond donors (Lipinski definition) is 0. The van der Waals surface area contributed by atoms with Crippen LogP contribution in [0.15, 0.2) is 12.7 Å². The molecular weight excluding hydrogens is 108 g/mol. The van der Waals surface area contributed by atoms with Gasteiger partial charge in [-0.25, -0.2) is 0 Å². The molecular formula is C9H20. The molecule has 0 heteroatoms. The Kier molecular flexibility index (Phi) is 13.7. The molecule has 56 valence electrons. The molecule has 1 saturated carbocycles. The first-order chi connectivity index (χ1) is 4.43. The SMILES string of the molecule is C=CC1CC1.CC.CC. The van der Waals surface area contributed by atoms with E-state index >= 15 is 0 Å². The first kappa shape index (κ1) is 11.5. The molecule has 0 aromatic carbocycles. The van der Waals surface area contributed by atoms with E-state index in [0.29, 0.717) is 0 Å². The van der Waals surface area contributed by atoms with Crippen molar-refractivity contribution in [2.24, 2.45) is 5.92 Å². The average Bonchev–Trinajstić information content (AvgIpc) is 2.78. The van der Waals surface area contributed by atoms with Crippen molar-refractivity contribution in [1.82, 2.24) is 0 Å². The predicted molar refractivity (Wildman–Crippen MR) is 45.6 cm³/mol. The molecule has 1 rings (SSSR count). The van der Waals surface area contributed by atoms with Gasteiger partial charge in [-0.2, -0.15) is 0 Å². The van der Waals surface area contributed by atoms with E-state index in [0.717, 1.165) is 5.92 Å². The van der Waals surface area contributed by atoms with Gasteiger partial charge in [-0.15, -0.1) is 6.58 Å². The number of hydrogen-bond acceptors (Lipinski definition) is 0. The van der Waals surface area contributed by atoms with Crippen LogP contribution in [0.4, 0.5) is 0 Å². The van der Waals surface area contributed by atoms with E-state index in [-0.39, 0.29) is 0 Å². The van der Waals surface area contributed by atoms with Crippen molar-refractivity contribution >= 4 is 0 Å². The van der Waals surface area contributed by atoms with Gasteiger partial charge in [0.05, 0.1) is 0 Å². The van der Waals surface area contributed by atoms with E-state index in [2.05, 4.69) is 6.58 Å². The fourth-order valence-corrected chi connectivity index (χ4v) is 0.332. The van der Waals surface area contributed by atoms with Crippen molar-refractivity contribution < 1.29 is 0 Å². The van der Waals surface area contributed by atoms with E-state index in [1.165, 1.54) is 12.8 Å². The van der Waals surface area contributed by atoms with E-state index in [1.54, 1.807) is 0 Å². The van der Waals surface area contributed by atoms with Gasteiger partial charge in [0.2, 0.25) is 0 Å². The highest BCUT2D eigenvalue weighted by molar-refractivity contribution is 4.88. The lowest BCUT2D eigenvalue weighted by Crippen LogP contribution is -1.50. The topological polar surface area (TPSA) is 0 Å². The Morgan fingerprint density at radius 3 is 1.44 bits per heavy atom. The Bertz CT molecular complexity index is 42.0. The molecule has 0 saturated heterocycles. The minimum atomic E-state index is 0.898. The molecule has 0 aromatic heterocycles. The Morgan fingerprint density at radius 1 is 1.11 bits per heavy atom. The highest BCUT2D eigenvalue weighted by atomic mass is 14.2. The third-order valence-electron chi connectivity index (χ3n) is 0.955. The summed E-state index contributed by atoms with van der Waals surface area (Å²) in [7, 11) is 0. The van der Waals surface area contributed by atoms with Crippen LogP contribution < -0.4 is 0 Å². The van der Waals surface area contributed by atoms with E-state index in [4.69, 9.17) is 0 Å². The fourth-order valence-electron chi connectivity index (χ4n) is 0.332. The normalized spacial score (nSPS) is 13.8. The van der Waals surface area contributed by atoms with Crippen molar-refractivity contribution in [1.29, 1.82) is 0 Å². The minimum Gasteiger partial charge on any atom is -0.103 e. The molecule has 0 nitrogen and oxygen atoms in total. The summed E-state index contributed by atoms with van der Waals surface area (Å²) in [5.41, 5.74) is 0. The summed E-state index contributed by atoms with van der Waals surface area (Å²) in [6, 6.07) is 0. The molecule has 0 amide bonds. The lowest BCUT2D eigenvalue weighted by Gasteiger charge is -1.63.